The molecule has 2 aromatic carbocycles. The van der Waals surface area contributed by atoms with E-state index in [0.29, 0.717) is 5.92 Å². The first-order valence-corrected chi connectivity index (χ1v) is 7.87. The molecular weight excluding hydrogens is 256 g/mol. The molecule has 21 heavy (non-hydrogen) atoms. The van der Waals surface area contributed by atoms with E-state index in [0.717, 1.165) is 25.9 Å². The number of rotatable bonds is 4. The van der Waals surface area contributed by atoms with E-state index in [-0.39, 0.29) is 0 Å². The first kappa shape index (κ1) is 14.2. The second kappa shape index (κ2) is 6.31. The SMILES string of the molecule is CNC[C@@H](C)CN1c2ccccc2CCc2ccccc21. The molecular formula is C19H24N2. The lowest BCUT2D eigenvalue weighted by atomic mass is 10.0. The summed E-state index contributed by atoms with van der Waals surface area (Å²) in [4.78, 5) is 2.51. The maximum Gasteiger partial charge on any atom is 0.0443 e. The van der Waals surface area contributed by atoms with Crippen molar-refractivity contribution in [2.24, 2.45) is 5.92 Å². The predicted octanol–water partition coefficient (Wildman–Crippen LogP) is 3.78. The van der Waals surface area contributed by atoms with Crippen LogP contribution in [0.4, 0.5) is 11.4 Å². The van der Waals surface area contributed by atoms with Crippen LogP contribution < -0.4 is 10.2 Å². The number of para-hydroxylation sites is 2. The molecule has 0 fully saturated rings. The number of hydrogen-bond donors (Lipinski definition) is 1. The molecule has 0 bridgehead atoms. The Balaban J connectivity index is 2.02. The molecule has 0 amide bonds. The van der Waals surface area contributed by atoms with E-state index < -0.39 is 0 Å². The van der Waals surface area contributed by atoms with Crippen molar-refractivity contribution in [2.45, 2.75) is 19.8 Å². The fourth-order valence-corrected chi connectivity index (χ4v) is 3.29. The minimum Gasteiger partial charge on any atom is -0.341 e. The van der Waals surface area contributed by atoms with Gasteiger partial charge >= 0.3 is 0 Å². The van der Waals surface area contributed by atoms with Crippen LogP contribution in [0.2, 0.25) is 0 Å². The molecule has 0 aromatic heterocycles. The number of aryl methyl sites for hydroxylation is 2. The Labute approximate surface area is 127 Å². The summed E-state index contributed by atoms with van der Waals surface area (Å²) in [6.07, 6.45) is 2.26. The lowest BCUT2D eigenvalue weighted by Crippen LogP contribution is -2.29. The van der Waals surface area contributed by atoms with Crippen LogP contribution in [0.15, 0.2) is 48.5 Å². The summed E-state index contributed by atoms with van der Waals surface area (Å²) >= 11 is 0. The third kappa shape index (κ3) is 2.96. The van der Waals surface area contributed by atoms with Crippen molar-refractivity contribution in [2.75, 3.05) is 25.0 Å². The summed E-state index contributed by atoms with van der Waals surface area (Å²) in [5, 5.41) is 3.29. The van der Waals surface area contributed by atoms with Crippen molar-refractivity contribution in [1.82, 2.24) is 5.32 Å². The molecule has 0 aliphatic carbocycles. The zero-order valence-corrected chi connectivity index (χ0v) is 13.0. The summed E-state index contributed by atoms with van der Waals surface area (Å²) < 4.78 is 0. The second-order valence-corrected chi connectivity index (χ2v) is 6.03. The van der Waals surface area contributed by atoms with Crippen LogP contribution in [0.25, 0.3) is 0 Å². The van der Waals surface area contributed by atoms with E-state index >= 15 is 0 Å². The van der Waals surface area contributed by atoms with Crippen LogP contribution in [0.5, 0.6) is 0 Å². The number of anilines is 2. The lowest BCUT2D eigenvalue weighted by molar-refractivity contribution is 0.549. The van der Waals surface area contributed by atoms with Crippen molar-refractivity contribution < 1.29 is 0 Å². The highest BCUT2D eigenvalue weighted by Crippen LogP contribution is 2.36. The largest absolute Gasteiger partial charge is 0.341 e. The van der Waals surface area contributed by atoms with E-state index in [2.05, 4.69) is 65.7 Å². The minimum absolute atomic E-state index is 0.606. The fraction of sp³-hybridized carbons (Fsp3) is 0.368. The van der Waals surface area contributed by atoms with Gasteiger partial charge in [0.05, 0.1) is 0 Å². The number of benzene rings is 2. The summed E-state index contributed by atoms with van der Waals surface area (Å²) in [6.45, 7) is 4.41. The van der Waals surface area contributed by atoms with Crippen LogP contribution in [0.1, 0.15) is 18.1 Å². The number of nitrogens with zero attached hydrogens (tertiary/aromatic N) is 1. The van der Waals surface area contributed by atoms with Crippen molar-refractivity contribution in [1.29, 1.82) is 0 Å². The minimum atomic E-state index is 0.606. The average Bonchev–Trinajstić information content (AvgIpc) is 2.66. The summed E-state index contributed by atoms with van der Waals surface area (Å²) in [5.74, 6) is 0.606. The molecule has 0 saturated carbocycles. The Morgan fingerprint density at radius 1 is 0.952 bits per heavy atom. The molecule has 1 aliphatic heterocycles. The molecule has 3 rings (SSSR count). The molecule has 1 heterocycles. The molecule has 0 saturated heterocycles. The van der Waals surface area contributed by atoms with Crippen LogP contribution in [-0.2, 0) is 12.8 Å². The Kier molecular flexibility index (Phi) is 4.26. The van der Waals surface area contributed by atoms with Gasteiger partial charge in [0.2, 0.25) is 0 Å². The highest BCUT2D eigenvalue weighted by atomic mass is 15.1. The van der Waals surface area contributed by atoms with Crippen LogP contribution in [-0.4, -0.2) is 20.1 Å². The molecule has 2 aromatic rings. The quantitative estimate of drug-likeness (QED) is 0.917. The van der Waals surface area contributed by atoms with E-state index in [1.807, 2.05) is 7.05 Å². The summed E-state index contributed by atoms with van der Waals surface area (Å²) in [7, 11) is 2.03. The smallest absolute Gasteiger partial charge is 0.0443 e. The van der Waals surface area contributed by atoms with Gasteiger partial charge in [-0.1, -0.05) is 43.3 Å². The topological polar surface area (TPSA) is 15.3 Å². The van der Waals surface area contributed by atoms with Gasteiger partial charge in [-0.25, -0.2) is 0 Å². The Morgan fingerprint density at radius 3 is 2.00 bits per heavy atom. The van der Waals surface area contributed by atoms with E-state index in [9.17, 15) is 0 Å². The molecule has 1 N–H and O–H groups in total. The normalized spacial score (nSPS) is 15.0. The van der Waals surface area contributed by atoms with Crippen LogP contribution >= 0.6 is 0 Å². The Morgan fingerprint density at radius 2 is 1.48 bits per heavy atom. The molecule has 0 radical (unpaired) electrons. The molecule has 110 valence electrons. The van der Waals surface area contributed by atoms with Gasteiger partial charge < -0.3 is 10.2 Å². The molecule has 2 nitrogen and oxygen atoms in total. The number of fused-ring (bicyclic) bond motifs is 2. The van der Waals surface area contributed by atoms with E-state index in [4.69, 9.17) is 0 Å². The van der Waals surface area contributed by atoms with Crippen LogP contribution in [0, 0.1) is 5.92 Å². The highest BCUT2D eigenvalue weighted by Gasteiger charge is 2.21. The predicted molar refractivity (Wildman–Crippen MR) is 90.4 cm³/mol. The van der Waals surface area contributed by atoms with Gasteiger partial charge in [0.15, 0.2) is 0 Å². The van der Waals surface area contributed by atoms with Crippen molar-refractivity contribution in [3.05, 3.63) is 59.7 Å². The Bertz CT molecular complexity index is 559. The summed E-state index contributed by atoms with van der Waals surface area (Å²) in [5.41, 5.74) is 5.69. The molecule has 1 aliphatic rings. The number of hydrogen-bond acceptors (Lipinski definition) is 2. The lowest BCUT2D eigenvalue weighted by Gasteiger charge is -2.29. The van der Waals surface area contributed by atoms with Crippen molar-refractivity contribution >= 4 is 11.4 Å². The average molecular weight is 280 g/mol. The zero-order valence-electron chi connectivity index (χ0n) is 13.0. The number of nitrogens with one attached hydrogen (secondary N) is 1. The molecule has 1 atom stereocenters. The van der Waals surface area contributed by atoms with Gasteiger partial charge in [-0.2, -0.15) is 0 Å². The molecule has 0 spiro atoms. The van der Waals surface area contributed by atoms with Crippen LogP contribution in [0.3, 0.4) is 0 Å². The Hall–Kier alpha value is -1.80. The second-order valence-electron chi connectivity index (χ2n) is 6.03. The molecule has 2 heteroatoms. The maximum absolute atomic E-state index is 3.29. The fourth-order valence-electron chi connectivity index (χ4n) is 3.29. The van der Waals surface area contributed by atoms with Gasteiger partial charge in [0, 0.05) is 17.9 Å². The standard InChI is InChI=1S/C19H24N2/c1-15(13-20-2)14-21-18-9-5-3-7-16(18)11-12-17-8-4-6-10-19(17)21/h3-10,15,20H,11-14H2,1-2H3/t15-/m1/s1. The van der Waals surface area contributed by atoms with E-state index in [1.54, 1.807) is 0 Å². The maximum atomic E-state index is 3.29. The van der Waals surface area contributed by atoms with Gasteiger partial charge in [-0.3, -0.25) is 0 Å². The third-order valence-electron chi connectivity index (χ3n) is 4.28. The monoisotopic (exact) mass is 280 g/mol. The highest BCUT2D eigenvalue weighted by molar-refractivity contribution is 5.71. The van der Waals surface area contributed by atoms with Crippen molar-refractivity contribution in [3.8, 4) is 0 Å². The van der Waals surface area contributed by atoms with Gasteiger partial charge in [-0.15, -0.1) is 0 Å². The summed E-state index contributed by atoms with van der Waals surface area (Å²) in [6, 6.07) is 17.7. The first-order chi connectivity index (χ1) is 10.3. The van der Waals surface area contributed by atoms with E-state index in [1.165, 1.54) is 22.5 Å². The van der Waals surface area contributed by atoms with Gasteiger partial charge in [0.1, 0.15) is 0 Å². The third-order valence-corrected chi connectivity index (χ3v) is 4.28. The van der Waals surface area contributed by atoms with Gasteiger partial charge in [0.25, 0.3) is 0 Å². The molecule has 0 unspecified atom stereocenters. The van der Waals surface area contributed by atoms with Crippen molar-refractivity contribution in [3.63, 3.8) is 0 Å². The first-order valence-electron chi connectivity index (χ1n) is 7.87. The van der Waals surface area contributed by atoms with Gasteiger partial charge in [-0.05, 0) is 55.6 Å². The zero-order chi connectivity index (χ0) is 14.7.